The molecule has 1 aromatic heterocycles. The molecule has 0 bridgehead atoms. The van der Waals surface area contributed by atoms with Gasteiger partial charge in [-0.25, -0.2) is 0 Å². The highest BCUT2D eigenvalue weighted by Crippen LogP contribution is 2.28. The number of halogens is 1. The van der Waals surface area contributed by atoms with E-state index >= 15 is 0 Å². The molecule has 0 atom stereocenters. The van der Waals surface area contributed by atoms with Crippen LogP contribution >= 0.6 is 22.9 Å². The maximum atomic E-state index is 5.87. The Labute approximate surface area is 110 Å². The number of thiophene rings is 1. The summed E-state index contributed by atoms with van der Waals surface area (Å²) in [6.07, 6.45) is 0. The molecule has 0 aliphatic carbocycles. The first-order valence-electron chi connectivity index (χ1n) is 5.30. The first-order valence-corrected chi connectivity index (χ1v) is 6.49. The Kier molecular flexibility index (Phi) is 3.60. The van der Waals surface area contributed by atoms with Crippen LogP contribution in [-0.2, 0) is 6.61 Å². The van der Waals surface area contributed by atoms with Gasteiger partial charge in [0.25, 0.3) is 0 Å². The van der Waals surface area contributed by atoms with Crippen LogP contribution in [0.1, 0.15) is 16.0 Å². The van der Waals surface area contributed by atoms with Crippen molar-refractivity contribution < 1.29 is 4.74 Å². The minimum Gasteiger partial charge on any atom is -0.488 e. The minimum absolute atomic E-state index is 0.545. The van der Waals surface area contributed by atoms with Gasteiger partial charge in [0.15, 0.2) is 0 Å². The normalized spacial score (nSPS) is 10.5. The van der Waals surface area contributed by atoms with Gasteiger partial charge in [0, 0.05) is 10.6 Å². The van der Waals surface area contributed by atoms with Gasteiger partial charge in [-0.2, -0.15) is 0 Å². The van der Waals surface area contributed by atoms with Crippen LogP contribution in [0.5, 0.6) is 5.75 Å². The number of rotatable bonds is 3. The van der Waals surface area contributed by atoms with Crippen molar-refractivity contribution in [1.29, 1.82) is 0 Å². The van der Waals surface area contributed by atoms with Gasteiger partial charge in [0.05, 0.1) is 4.34 Å². The fourth-order valence-corrected chi connectivity index (χ4v) is 2.78. The molecule has 0 saturated carbocycles. The fraction of sp³-hybridized carbons (Fsp3) is 0.231. The Morgan fingerprint density at radius 3 is 2.41 bits per heavy atom. The summed E-state index contributed by atoms with van der Waals surface area (Å²) in [5.74, 6) is 0.906. The second-order valence-corrected chi connectivity index (χ2v) is 5.78. The van der Waals surface area contributed by atoms with Gasteiger partial charge in [-0.05, 0) is 49.2 Å². The Morgan fingerprint density at radius 1 is 1.24 bits per heavy atom. The SMILES string of the molecule is Cc1cc(N)cc(C)c1OCc1ccc(Cl)s1. The van der Waals surface area contributed by atoms with Crippen LogP contribution in [0.4, 0.5) is 5.69 Å². The summed E-state index contributed by atoms with van der Waals surface area (Å²) >= 11 is 7.41. The largest absolute Gasteiger partial charge is 0.488 e. The average Bonchev–Trinajstić information content (AvgIpc) is 2.62. The number of anilines is 1. The average molecular weight is 268 g/mol. The number of hydrogen-bond acceptors (Lipinski definition) is 3. The van der Waals surface area contributed by atoms with Gasteiger partial charge in [-0.1, -0.05) is 11.6 Å². The van der Waals surface area contributed by atoms with Crippen LogP contribution in [0.15, 0.2) is 24.3 Å². The quantitative estimate of drug-likeness (QED) is 0.847. The molecule has 0 aliphatic rings. The molecule has 0 aliphatic heterocycles. The zero-order chi connectivity index (χ0) is 12.4. The summed E-state index contributed by atoms with van der Waals surface area (Å²) in [6.45, 7) is 4.54. The third-order valence-electron chi connectivity index (χ3n) is 2.47. The zero-order valence-electron chi connectivity index (χ0n) is 9.79. The summed E-state index contributed by atoms with van der Waals surface area (Å²) in [5, 5.41) is 0. The van der Waals surface area contributed by atoms with E-state index in [4.69, 9.17) is 22.1 Å². The van der Waals surface area contributed by atoms with Crippen LogP contribution in [0.3, 0.4) is 0 Å². The lowest BCUT2D eigenvalue weighted by Crippen LogP contribution is -1.98. The van der Waals surface area contributed by atoms with Crippen molar-refractivity contribution >= 4 is 28.6 Å². The van der Waals surface area contributed by atoms with Crippen molar-refractivity contribution in [3.63, 3.8) is 0 Å². The summed E-state index contributed by atoms with van der Waals surface area (Å²) in [7, 11) is 0. The van der Waals surface area contributed by atoms with Crippen LogP contribution in [0.2, 0.25) is 4.34 Å². The number of nitrogens with two attached hydrogens (primary N) is 1. The molecule has 0 unspecified atom stereocenters. The van der Waals surface area contributed by atoms with Gasteiger partial charge < -0.3 is 10.5 Å². The van der Waals surface area contributed by atoms with Gasteiger partial charge in [0.2, 0.25) is 0 Å². The Hall–Kier alpha value is -1.19. The molecule has 1 heterocycles. The van der Waals surface area contributed by atoms with E-state index in [0.29, 0.717) is 6.61 Å². The first kappa shape index (κ1) is 12.3. The highest BCUT2D eigenvalue weighted by atomic mass is 35.5. The lowest BCUT2D eigenvalue weighted by Gasteiger charge is -2.12. The Morgan fingerprint density at radius 2 is 1.88 bits per heavy atom. The van der Waals surface area contributed by atoms with E-state index in [-0.39, 0.29) is 0 Å². The molecule has 0 spiro atoms. The van der Waals surface area contributed by atoms with Crippen LogP contribution < -0.4 is 10.5 Å². The molecule has 0 fully saturated rings. The number of benzene rings is 1. The summed E-state index contributed by atoms with van der Waals surface area (Å²) in [5.41, 5.74) is 8.66. The van der Waals surface area contributed by atoms with Crippen molar-refractivity contribution in [3.8, 4) is 5.75 Å². The molecule has 1 aromatic carbocycles. The fourth-order valence-electron chi connectivity index (χ4n) is 1.78. The van der Waals surface area contributed by atoms with Gasteiger partial charge >= 0.3 is 0 Å². The monoisotopic (exact) mass is 267 g/mol. The molecule has 2 N–H and O–H groups in total. The van der Waals surface area contributed by atoms with E-state index in [1.165, 1.54) is 11.3 Å². The molecular weight excluding hydrogens is 254 g/mol. The lowest BCUT2D eigenvalue weighted by molar-refractivity contribution is 0.305. The van der Waals surface area contributed by atoms with Crippen molar-refractivity contribution in [1.82, 2.24) is 0 Å². The zero-order valence-corrected chi connectivity index (χ0v) is 11.4. The van der Waals surface area contributed by atoms with Crippen molar-refractivity contribution in [3.05, 3.63) is 44.6 Å². The lowest BCUT2D eigenvalue weighted by atomic mass is 10.1. The third kappa shape index (κ3) is 2.93. The maximum Gasteiger partial charge on any atom is 0.125 e. The van der Waals surface area contributed by atoms with E-state index in [9.17, 15) is 0 Å². The van der Waals surface area contributed by atoms with Crippen molar-refractivity contribution in [2.45, 2.75) is 20.5 Å². The molecule has 4 heteroatoms. The molecule has 0 radical (unpaired) electrons. The standard InChI is InChI=1S/C13H14ClNOS/c1-8-5-10(15)6-9(2)13(8)16-7-11-3-4-12(14)17-11/h3-6H,7,15H2,1-2H3. The molecule has 2 nitrogen and oxygen atoms in total. The summed E-state index contributed by atoms with van der Waals surface area (Å²) in [4.78, 5) is 1.12. The first-order chi connectivity index (χ1) is 8.06. The third-order valence-corrected chi connectivity index (χ3v) is 3.67. The Bertz CT molecular complexity index is 513. The number of nitrogen functional groups attached to an aromatic ring is 1. The molecular formula is C13H14ClNOS. The van der Waals surface area contributed by atoms with E-state index in [2.05, 4.69) is 0 Å². The van der Waals surface area contributed by atoms with Gasteiger partial charge in [0.1, 0.15) is 12.4 Å². The Balaban J connectivity index is 2.14. The molecule has 0 amide bonds. The second kappa shape index (κ2) is 4.98. The molecule has 17 heavy (non-hydrogen) atoms. The van der Waals surface area contributed by atoms with E-state index < -0.39 is 0 Å². The smallest absolute Gasteiger partial charge is 0.125 e. The van der Waals surface area contributed by atoms with Crippen molar-refractivity contribution in [2.24, 2.45) is 0 Å². The molecule has 2 rings (SSSR count). The molecule has 0 saturated heterocycles. The van der Waals surface area contributed by atoms with Gasteiger partial charge in [-0.3, -0.25) is 0 Å². The number of aryl methyl sites for hydroxylation is 2. The highest BCUT2D eigenvalue weighted by Gasteiger charge is 2.06. The van der Waals surface area contributed by atoms with E-state index in [1.807, 2.05) is 38.1 Å². The van der Waals surface area contributed by atoms with E-state index in [0.717, 1.165) is 31.8 Å². The predicted octanol–water partition coefficient (Wildman–Crippen LogP) is 4.18. The summed E-state index contributed by atoms with van der Waals surface area (Å²) in [6, 6.07) is 7.70. The van der Waals surface area contributed by atoms with Crippen LogP contribution in [0, 0.1) is 13.8 Å². The second-order valence-electron chi connectivity index (χ2n) is 3.98. The minimum atomic E-state index is 0.545. The summed E-state index contributed by atoms with van der Waals surface area (Å²) < 4.78 is 6.60. The highest BCUT2D eigenvalue weighted by molar-refractivity contribution is 7.16. The van der Waals surface area contributed by atoms with Gasteiger partial charge in [-0.15, -0.1) is 11.3 Å². The van der Waals surface area contributed by atoms with Crippen LogP contribution in [-0.4, -0.2) is 0 Å². The molecule has 90 valence electrons. The van der Waals surface area contributed by atoms with Crippen molar-refractivity contribution in [2.75, 3.05) is 5.73 Å². The predicted molar refractivity (Wildman–Crippen MR) is 74.0 cm³/mol. The number of hydrogen-bond donors (Lipinski definition) is 1. The maximum absolute atomic E-state index is 5.87. The molecule has 2 aromatic rings. The number of ether oxygens (including phenoxy) is 1. The van der Waals surface area contributed by atoms with Crippen LogP contribution in [0.25, 0.3) is 0 Å². The topological polar surface area (TPSA) is 35.2 Å². The van der Waals surface area contributed by atoms with E-state index in [1.54, 1.807) is 0 Å².